The fourth-order valence-corrected chi connectivity index (χ4v) is 4.17. The molecule has 108 valence electrons. The van der Waals surface area contributed by atoms with E-state index in [0.29, 0.717) is 0 Å². The lowest BCUT2D eigenvalue weighted by Crippen LogP contribution is -1.93. The number of methoxy groups -OCH3 is 1. The number of ether oxygens (including phenoxy) is 1. The first-order chi connectivity index (χ1) is 10.1. The Hall–Kier alpha value is -1.39. The van der Waals surface area contributed by atoms with Crippen LogP contribution in [0.3, 0.4) is 0 Å². The van der Waals surface area contributed by atoms with E-state index in [9.17, 15) is 4.39 Å². The van der Waals surface area contributed by atoms with Gasteiger partial charge in [0, 0.05) is 9.58 Å². The maximum Gasteiger partial charge on any atom is 0.124 e. The summed E-state index contributed by atoms with van der Waals surface area (Å²) in [5, 5.41) is 1.08. The summed E-state index contributed by atoms with van der Waals surface area (Å²) < 4.78 is 19.6. The highest BCUT2D eigenvalue weighted by Gasteiger charge is 2.15. The Bertz CT molecular complexity index is 797. The van der Waals surface area contributed by atoms with Gasteiger partial charge in [-0.15, -0.1) is 11.3 Å². The number of thiophene rings is 1. The zero-order valence-electron chi connectivity index (χ0n) is 11.7. The van der Waals surface area contributed by atoms with Crippen LogP contribution in [0.5, 0.6) is 5.75 Å². The van der Waals surface area contributed by atoms with Crippen molar-refractivity contribution in [3.05, 3.63) is 64.3 Å². The van der Waals surface area contributed by atoms with Gasteiger partial charge in [0.1, 0.15) is 11.6 Å². The third-order valence-corrected chi connectivity index (χ3v) is 5.95. The van der Waals surface area contributed by atoms with Gasteiger partial charge in [-0.2, -0.15) is 0 Å². The van der Waals surface area contributed by atoms with Gasteiger partial charge < -0.3 is 4.74 Å². The molecule has 0 radical (unpaired) electrons. The quantitative estimate of drug-likeness (QED) is 0.530. The van der Waals surface area contributed by atoms with Crippen LogP contribution in [0.4, 0.5) is 4.39 Å². The predicted octanol–water partition coefficient (Wildman–Crippen LogP) is 5.84. The molecule has 21 heavy (non-hydrogen) atoms. The molecule has 3 aromatic rings. The van der Waals surface area contributed by atoms with Gasteiger partial charge in [-0.25, -0.2) is 4.39 Å². The highest BCUT2D eigenvalue weighted by molar-refractivity contribution is 9.09. The summed E-state index contributed by atoms with van der Waals surface area (Å²) in [7, 11) is 1.67. The molecule has 0 saturated carbocycles. The van der Waals surface area contributed by atoms with Gasteiger partial charge in [0.25, 0.3) is 0 Å². The van der Waals surface area contributed by atoms with E-state index >= 15 is 0 Å². The number of hydrogen-bond donors (Lipinski definition) is 0. The number of hydrogen-bond acceptors (Lipinski definition) is 2. The van der Waals surface area contributed by atoms with Crippen LogP contribution in [0.15, 0.2) is 42.5 Å². The Balaban J connectivity index is 1.99. The van der Waals surface area contributed by atoms with Crippen molar-refractivity contribution < 1.29 is 9.13 Å². The van der Waals surface area contributed by atoms with Crippen LogP contribution in [0.2, 0.25) is 0 Å². The monoisotopic (exact) mass is 364 g/mol. The summed E-state index contributed by atoms with van der Waals surface area (Å²) in [5.74, 6) is 0.694. The number of alkyl halides is 1. The molecule has 1 nitrogen and oxygen atoms in total. The van der Waals surface area contributed by atoms with Gasteiger partial charge in [-0.05, 0) is 47.7 Å². The number of rotatable bonds is 3. The third kappa shape index (κ3) is 2.83. The standard InChI is InChI=1S/C17H14BrFOS/c1-10-7-12(4-6-14(10)20-2)17(18)16-8-11-3-5-13(19)9-15(11)21-16/h3-9,17H,1-2H3. The molecule has 0 spiro atoms. The Kier molecular flexibility index (Phi) is 4.00. The Morgan fingerprint density at radius 3 is 2.67 bits per heavy atom. The Labute approximate surface area is 135 Å². The van der Waals surface area contributed by atoms with Gasteiger partial charge in [-0.3, -0.25) is 0 Å². The number of benzene rings is 2. The Morgan fingerprint density at radius 2 is 1.95 bits per heavy atom. The van der Waals surface area contributed by atoms with Crippen LogP contribution in [-0.2, 0) is 0 Å². The van der Waals surface area contributed by atoms with Crippen molar-refractivity contribution >= 4 is 37.4 Å². The van der Waals surface area contributed by atoms with Crippen LogP contribution in [-0.4, -0.2) is 7.11 Å². The average Bonchev–Trinajstić information content (AvgIpc) is 2.89. The molecule has 1 heterocycles. The lowest BCUT2D eigenvalue weighted by atomic mass is 10.1. The molecule has 0 amide bonds. The zero-order chi connectivity index (χ0) is 15.0. The highest BCUT2D eigenvalue weighted by atomic mass is 79.9. The van der Waals surface area contributed by atoms with Crippen LogP contribution < -0.4 is 4.74 Å². The minimum Gasteiger partial charge on any atom is -0.496 e. The van der Waals surface area contributed by atoms with Crippen molar-refractivity contribution in [2.45, 2.75) is 11.8 Å². The Morgan fingerprint density at radius 1 is 1.14 bits per heavy atom. The van der Waals surface area contributed by atoms with Crippen molar-refractivity contribution in [3.63, 3.8) is 0 Å². The van der Waals surface area contributed by atoms with E-state index in [1.807, 2.05) is 19.1 Å². The molecule has 0 aliphatic heterocycles. The summed E-state index contributed by atoms with van der Waals surface area (Å²) in [4.78, 5) is 1.27. The van der Waals surface area contributed by atoms with E-state index in [2.05, 4.69) is 34.1 Å². The fraction of sp³-hybridized carbons (Fsp3) is 0.176. The second-order valence-corrected chi connectivity index (χ2v) is 6.95. The number of halogens is 2. The molecule has 1 aromatic heterocycles. The van der Waals surface area contributed by atoms with Crippen molar-refractivity contribution in [2.24, 2.45) is 0 Å². The van der Waals surface area contributed by atoms with Crippen LogP contribution in [0.1, 0.15) is 20.8 Å². The largest absolute Gasteiger partial charge is 0.496 e. The smallest absolute Gasteiger partial charge is 0.124 e. The molecule has 2 aromatic carbocycles. The van der Waals surface area contributed by atoms with Crippen molar-refractivity contribution in [1.29, 1.82) is 0 Å². The molecule has 0 fully saturated rings. The second kappa shape index (κ2) is 5.78. The average molecular weight is 365 g/mol. The first-order valence-electron chi connectivity index (χ1n) is 6.56. The van der Waals surface area contributed by atoms with E-state index in [1.165, 1.54) is 16.5 Å². The number of aryl methyl sites for hydroxylation is 1. The summed E-state index contributed by atoms with van der Waals surface area (Å²) >= 11 is 5.36. The van der Waals surface area contributed by atoms with Crippen LogP contribution >= 0.6 is 27.3 Å². The summed E-state index contributed by atoms with van der Waals surface area (Å²) in [6, 6.07) is 13.2. The molecule has 0 N–H and O–H groups in total. The SMILES string of the molecule is COc1ccc(C(Br)c2cc3ccc(F)cc3s2)cc1C. The molecular formula is C17H14BrFOS. The molecule has 0 aliphatic rings. The van der Waals surface area contributed by atoms with E-state index < -0.39 is 0 Å². The summed E-state index contributed by atoms with van der Waals surface area (Å²) in [6.07, 6.45) is 0. The topological polar surface area (TPSA) is 9.23 Å². The summed E-state index contributed by atoms with van der Waals surface area (Å²) in [5.41, 5.74) is 2.27. The molecule has 0 saturated heterocycles. The van der Waals surface area contributed by atoms with Crippen molar-refractivity contribution in [1.82, 2.24) is 0 Å². The molecule has 4 heteroatoms. The minimum absolute atomic E-state index is 0.0996. The zero-order valence-corrected chi connectivity index (χ0v) is 14.1. The number of fused-ring (bicyclic) bond motifs is 1. The van der Waals surface area contributed by atoms with Gasteiger partial charge >= 0.3 is 0 Å². The molecule has 0 aliphatic carbocycles. The van der Waals surface area contributed by atoms with Gasteiger partial charge in [0.2, 0.25) is 0 Å². The lowest BCUT2D eigenvalue weighted by molar-refractivity contribution is 0.411. The van der Waals surface area contributed by atoms with Crippen molar-refractivity contribution in [2.75, 3.05) is 7.11 Å². The van der Waals surface area contributed by atoms with E-state index in [0.717, 1.165) is 21.4 Å². The first kappa shape index (κ1) is 14.5. The predicted molar refractivity (Wildman–Crippen MR) is 90.3 cm³/mol. The fourth-order valence-electron chi connectivity index (χ4n) is 2.37. The lowest BCUT2D eigenvalue weighted by Gasteiger charge is -2.11. The van der Waals surface area contributed by atoms with Gasteiger partial charge in [0.15, 0.2) is 0 Å². The van der Waals surface area contributed by atoms with Gasteiger partial charge in [0.05, 0.1) is 11.9 Å². The van der Waals surface area contributed by atoms with E-state index in [1.54, 1.807) is 24.5 Å². The van der Waals surface area contributed by atoms with Crippen molar-refractivity contribution in [3.8, 4) is 5.75 Å². The molecule has 1 unspecified atom stereocenters. The molecule has 3 rings (SSSR count). The van der Waals surface area contributed by atoms with Crippen LogP contribution in [0, 0.1) is 12.7 Å². The highest BCUT2D eigenvalue weighted by Crippen LogP contribution is 2.39. The maximum absolute atomic E-state index is 13.3. The normalized spacial score (nSPS) is 12.6. The molecular weight excluding hydrogens is 351 g/mol. The molecule has 1 atom stereocenters. The second-order valence-electron chi connectivity index (χ2n) is 4.92. The first-order valence-corrected chi connectivity index (χ1v) is 8.29. The minimum atomic E-state index is -0.192. The van der Waals surface area contributed by atoms with Crippen LogP contribution in [0.25, 0.3) is 10.1 Å². The maximum atomic E-state index is 13.3. The van der Waals surface area contributed by atoms with Gasteiger partial charge in [-0.1, -0.05) is 34.1 Å². The van der Waals surface area contributed by atoms with E-state index in [-0.39, 0.29) is 10.6 Å². The molecule has 0 bridgehead atoms. The summed E-state index contributed by atoms with van der Waals surface area (Å²) in [6.45, 7) is 2.03. The van der Waals surface area contributed by atoms with E-state index in [4.69, 9.17) is 4.74 Å². The third-order valence-electron chi connectivity index (χ3n) is 3.46.